The molecule has 2 heterocycles. The largest absolute Gasteiger partial charge is 0.268 e. The fourth-order valence-corrected chi connectivity index (χ4v) is 3.80. The molecule has 0 saturated heterocycles. The number of hydrogen-bond acceptors (Lipinski definition) is 4. The van der Waals surface area contributed by atoms with E-state index in [1.807, 2.05) is 0 Å². The molecular weight excluding hydrogens is 380 g/mol. The van der Waals surface area contributed by atoms with Crippen molar-refractivity contribution in [3.05, 3.63) is 52.1 Å². The van der Waals surface area contributed by atoms with E-state index in [-0.39, 0.29) is 15.9 Å². The number of fused-ring (bicyclic) bond motifs is 1. The zero-order valence-electron chi connectivity index (χ0n) is 10.4. The van der Waals surface area contributed by atoms with Gasteiger partial charge in [0.05, 0.1) is 5.02 Å². The molecule has 1 N–H and O–H groups in total. The Morgan fingerprint density at radius 1 is 1.19 bits per heavy atom. The quantitative estimate of drug-likeness (QED) is 0.749. The van der Waals surface area contributed by atoms with Crippen LogP contribution in [0.2, 0.25) is 5.02 Å². The van der Waals surface area contributed by atoms with Crippen molar-refractivity contribution in [3.8, 4) is 0 Å². The third kappa shape index (κ3) is 2.74. The summed E-state index contributed by atoms with van der Waals surface area (Å²) in [5.74, 6) is 0.0987. The SMILES string of the molecule is O=S(=O)(Nc1nnc2ccccn12)c1cc(Br)ccc1Cl. The third-order valence-electron chi connectivity index (χ3n) is 2.72. The first-order valence-corrected chi connectivity index (χ1v) is 8.40. The van der Waals surface area contributed by atoms with E-state index in [9.17, 15) is 8.42 Å². The highest BCUT2D eigenvalue weighted by molar-refractivity contribution is 9.10. The Balaban J connectivity index is 2.05. The Kier molecular flexibility index (Phi) is 3.60. The molecule has 0 radical (unpaired) electrons. The molecule has 3 rings (SSSR count). The van der Waals surface area contributed by atoms with Gasteiger partial charge in [-0.15, -0.1) is 10.2 Å². The van der Waals surface area contributed by atoms with Crippen LogP contribution in [0.25, 0.3) is 5.65 Å². The van der Waals surface area contributed by atoms with Crippen LogP contribution in [0.1, 0.15) is 0 Å². The molecule has 0 aliphatic carbocycles. The van der Waals surface area contributed by atoms with Gasteiger partial charge in [-0.1, -0.05) is 33.6 Å². The number of nitrogens with one attached hydrogen (secondary N) is 1. The van der Waals surface area contributed by atoms with E-state index in [1.165, 1.54) is 16.5 Å². The highest BCUT2D eigenvalue weighted by Gasteiger charge is 2.20. The Hall–Kier alpha value is -1.64. The van der Waals surface area contributed by atoms with Gasteiger partial charge in [0.2, 0.25) is 5.95 Å². The average Bonchev–Trinajstić information content (AvgIpc) is 2.84. The first kappa shape index (κ1) is 14.3. The fraction of sp³-hybridized carbons (Fsp3) is 0. The summed E-state index contributed by atoms with van der Waals surface area (Å²) in [6.45, 7) is 0. The van der Waals surface area contributed by atoms with Crippen molar-refractivity contribution in [2.45, 2.75) is 4.90 Å². The van der Waals surface area contributed by atoms with Gasteiger partial charge in [0.25, 0.3) is 10.0 Å². The van der Waals surface area contributed by atoms with Gasteiger partial charge < -0.3 is 0 Å². The number of pyridine rings is 1. The Labute approximate surface area is 133 Å². The number of anilines is 1. The zero-order valence-corrected chi connectivity index (χ0v) is 13.5. The molecule has 3 aromatic rings. The number of hydrogen-bond donors (Lipinski definition) is 1. The summed E-state index contributed by atoms with van der Waals surface area (Å²) in [6.07, 6.45) is 1.66. The minimum absolute atomic E-state index is 0.0359. The molecule has 1 aromatic carbocycles. The van der Waals surface area contributed by atoms with Gasteiger partial charge in [-0.3, -0.25) is 4.40 Å². The summed E-state index contributed by atoms with van der Waals surface area (Å²) >= 11 is 9.18. The lowest BCUT2D eigenvalue weighted by Crippen LogP contribution is -2.15. The average molecular weight is 388 g/mol. The Bertz CT molecular complexity index is 926. The molecule has 21 heavy (non-hydrogen) atoms. The van der Waals surface area contributed by atoms with Gasteiger partial charge in [-0.05, 0) is 30.3 Å². The second-order valence-electron chi connectivity index (χ2n) is 4.13. The summed E-state index contributed by atoms with van der Waals surface area (Å²) in [4.78, 5) is -0.0359. The predicted molar refractivity (Wildman–Crippen MR) is 82.9 cm³/mol. The van der Waals surface area contributed by atoms with Gasteiger partial charge in [0.15, 0.2) is 5.65 Å². The van der Waals surface area contributed by atoms with E-state index in [4.69, 9.17) is 11.6 Å². The van der Waals surface area contributed by atoms with Crippen LogP contribution >= 0.6 is 27.5 Å². The minimum Gasteiger partial charge on any atom is -0.268 e. The topological polar surface area (TPSA) is 76.4 Å². The van der Waals surface area contributed by atoms with Crippen LogP contribution in [0.4, 0.5) is 5.95 Å². The van der Waals surface area contributed by atoms with Crippen molar-refractivity contribution in [1.82, 2.24) is 14.6 Å². The maximum absolute atomic E-state index is 12.4. The fourth-order valence-electron chi connectivity index (χ4n) is 1.77. The lowest BCUT2D eigenvalue weighted by molar-refractivity contribution is 0.600. The Morgan fingerprint density at radius 3 is 2.81 bits per heavy atom. The van der Waals surface area contributed by atoms with Crippen LogP contribution in [0.15, 0.2) is 52.0 Å². The summed E-state index contributed by atoms with van der Waals surface area (Å²) in [7, 11) is -3.86. The standard InChI is InChI=1S/C12H8BrClN4O2S/c13-8-4-5-9(14)10(7-8)21(19,20)17-12-16-15-11-3-1-2-6-18(11)12/h1-7H,(H,16,17). The lowest BCUT2D eigenvalue weighted by atomic mass is 10.4. The molecule has 0 unspecified atom stereocenters. The predicted octanol–water partition coefficient (Wildman–Crippen LogP) is 2.95. The summed E-state index contributed by atoms with van der Waals surface area (Å²) < 4.78 is 29.4. The summed E-state index contributed by atoms with van der Waals surface area (Å²) in [6, 6.07) is 9.84. The highest BCUT2D eigenvalue weighted by atomic mass is 79.9. The third-order valence-corrected chi connectivity index (χ3v) is 5.03. The molecule has 0 aliphatic rings. The number of rotatable bonds is 3. The molecule has 0 amide bonds. The van der Waals surface area contributed by atoms with Gasteiger partial charge in [0.1, 0.15) is 4.90 Å². The van der Waals surface area contributed by atoms with E-state index >= 15 is 0 Å². The molecule has 0 spiro atoms. The van der Waals surface area contributed by atoms with E-state index in [1.54, 1.807) is 30.5 Å². The van der Waals surface area contributed by atoms with Crippen LogP contribution in [0.5, 0.6) is 0 Å². The molecule has 0 aliphatic heterocycles. The van der Waals surface area contributed by atoms with Gasteiger partial charge >= 0.3 is 0 Å². The number of benzene rings is 1. The van der Waals surface area contributed by atoms with Crippen LogP contribution in [-0.2, 0) is 10.0 Å². The van der Waals surface area contributed by atoms with Gasteiger partial charge in [0, 0.05) is 10.7 Å². The maximum Gasteiger partial charge on any atom is 0.265 e. The molecule has 0 atom stereocenters. The second kappa shape index (κ2) is 5.28. The maximum atomic E-state index is 12.4. The monoisotopic (exact) mass is 386 g/mol. The van der Waals surface area contributed by atoms with Crippen molar-refractivity contribution in [2.75, 3.05) is 4.72 Å². The van der Waals surface area contributed by atoms with Crippen LogP contribution in [0, 0.1) is 0 Å². The first-order chi connectivity index (χ1) is 9.97. The summed E-state index contributed by atoms with van der Waals surface area (Å²) in [5, 5.41) is 7.83. The van der Waals surface area contributed by atoms with Crippen LogP contribution in [-0.4, -0.2) is 23.0 Å². The molecule has 2 aromatic heterocycles. The second-order valence-corrected chi connectivity index (χ2v) is 7.11. The number of nitrogens with zero attached hydrogens (tertiary/aromatic N) is 3. The van der Waals surface area contributed by atoms with Crippen LogP contribution in [0.3, 0.4) is 0 Å². The van der Waals surface area contributed by atoms with E-state index in [0.717, 1.165) is 0 Å². The normalized spacial score (nSPS) is 11.7. The molecule has 0 saturated carbocycles. The van der Waals surface area contributed by atoms with Crippen molar-refractivity contribution in [2.24, 2.45) is 0 Å². The zero-order chi connectivity index (χ0) is 15.0. The van der Waals surface area contributed by atoms with Crippen molar-refractivity contribution in [1.29, 1.82) is 0 Å². The molecular formula is C12H8BrClN4O2S. The van der Waals surface area contributed by atoms with E-state index < -0.39 is 10.0 Å². The van der Waals surface area contributed by atoms with Crippen molar-refractivity contribution < 1.29 is 8.42 Å². The van der Waals surface area contributed by atoms with Gasteiger partial charge in [-0.2, -0.15) is 0 Å². The summed E-state index contributed by atoms with van der Waals surface area (Å²) in [5.41, 5.74) is 0.538. The molecule has 108 valence electrons. The van der Waals surface area contributed by atoms with Crippen LogP contribution < -0.4 is 4.72 Å². The number of sulfonamides is 1. The molecule has 6 nitrogen and oxygen atoms in total. The van der Waals surface area contributed by atoms with E-state index in [2.05, 4.69) is 30.8 Å². The Morgan fingerprint density at radius 2 is 2.00 bits per heavy atom. The first-order valence-electron chi connectivity index (χ1n) is 5.75. The smallest absolute Gasteiger partial charge is 0.265 e. The van der Waals surface area contributed by atoms with Crippen molar-refractivity contribution in [3.63, 3.8) is 0 Å². The lowest BCUT2D eigenvalue weighted by Gasteiger charge is -2.08. The molecule has 0 fully saturated rings. The van der Waals surface area contributed by atoms with E-state index in [0.29, 0.717) is 10.1 Å². The highest BCUT2D eigenvalue weighted by Crippen LogP contribution is 2.26. The number of halogens is 2. The van der Waals surface area contributed by atoms with Crippen molar-refractivity contribution >= 4 is 49.1 Å². The minimum atomic E-state index is -3.86. The molecule has 9 heteroatoms. The number of aromatic nitrogens is 3. The molecule has 0 bridgehead atoms. The van der Waals surface area contributed by atoms with Gasteiger partial charge in [-0.25, -0.2) is 13.1 Å².